The number of amides is 2. The van der Waals surface area contributed by atoms with Crippen molar-refractivity contribution in [3.05, 3.63) is 35.4 Å². The van der Waals surface area contributed by atoms with Crippen LogP contribution < -0.4 is 10.6 Å². The molecule has 0 bridgehead atoms. The highest BCUT2D eigenvalue weighted by molar-refractivity contribution is 5.85. The molecular formula is C21H28N2O4. The Labute approximate surface area is 160 Å². The number of ether oxygens (including phenoxy) is 1. The molecule has 0 radical (unpaired) electrons. The summed E-state index contributed by atoms with van der Waals surface area (Å²) in [5.41, 5.74) is 2.40. The minimum absolute atomic E-state index is 0.00113. The van der Waals surface area contributed by atoms with Gasteiger partial charge in [0.15, 0.2) is 6.61 Å². The van der Waals surface area contributed by atoms with Gasteiger partial charge in [-0.1, -0.05) is 43.5 Å². The Morgan fingerprint density at radius 3 is 2.59 bits per heavy atom. The van der Waals surface area contributed by atoms with Crippen LogP contribution in [0.3, 0.4) is 0 Å². The number of hydrogen-bond donors (Lipinski definition) is 2. The topological polar surface area (TPSA) is 84.5 Å². The van der Waals surface area contributed by atoms with E-state index < -0.39 is 5.97 Å². The summed E-state index contributed by atoms with van der Waals surface area (Å²) in [5.74, 6) is -0.988. The van der Waals surface area contributed by atoms with Crippen LogP contribution in [0.5, 0.6) is 0 Å². The first-order valence-electron chi connectivity index (χ1n) is 9.94. The highest BCUT2D eigenvalue weighted by Gasteiger charge is 2.23. The lowest BCUT2D eigenvalue weighted by Crippen LogP contribution is -2.38. The molecular weight excluding hydrogens is 344 g/mol. The molecule has 146 valence electrons. The maximum atomic E-state index is 12.1. The predicted octanol–water partition coefficient (Wildman–Crippen LogP) is 2.42. The molecule has 1 fully saturated rings. The van der Waals surface area contributed by atoms with Gasteiger partial charge < -0.3 is 15.4 Å². The first-order valence-corrected chi connectivity index (χ1v) is 9.94. The van der Waals surface area contributed by atoms with E-state index in [1.165, 1.54) is 12.0 Å². The zero-order chi connectivity index (χ0) is 19.1. The number of benzene rings is 1. The minimum Gasteiger partial charge on any atom is -0.454 e. The molecule has 6 heteroatoms. The number of nitrogens with one attached hydrogen (secondary N) is 2. The van der Waals surface area contributed by atoms with Gasteiger partial charge in [0.1, 0.15) is 6.54 Å². The summed E-state index contributed by atoms with van der Waals surface area (Å²) in [6.07, 6.45) is 7.99. The lowest BCUT2D eigenvalue weighted by atomic mass is 9.88. The molecule has 0 unspecified atom stereocenters. The molecule has 0 aromatic heterocycles. The zero-order valence-electron chi connectivity index (χ0n) is 15.7. The van der Waals surface area contributed by atoms with Crippen LogP contribution >= 0.6 is 0 Å². The fourth-order valence-electron chi connectivity index (χ4n) is 4.01. The van der Waals surface area contributed by atoms with Gasteiger partial charge in [0.2, 0.25) is 5.91 Å². The fourth-order valence-corrected chi connectivity index (χ4v) is 4.01. The van der Waals surface area contributed by atoms with E-state index in [-0.39, 0.29) is 36.9 Å². The van der Waals surface area contributed by atoms with Gasteiger partial charge in [-0.05, 0) is 43.2 Å². The van der Waals surface area contributed by atoms with Crippen LogP contribution in [0.4, 0.5) is 0 Å². The van der Waals surface area contributed by atoms with Crippen molar-refractivity contribution < 1.29 is 19.1 Å². The highest BCUT2D eigenvalue weighted by atomic mass is 16.5. The van der Waals surface area contributed by atoms with Gasteiger partial charge >= 0.3 is 5.97 Å². The van der Waals surface area contributed by atoms with Crippen molar-refractivity contribution in [1.82, 2.24) is 10.6 Å². The van der Waals surface area contributed by atoms with Crippen LogP contribution in [0.2, 0.25) is 0 Å². The van der Waals surface area contributed by atoms with Crippen molar-refractivity contribution in [2.45, 2.75) is 57.4 Å². The third-order valence-corrected chi connectivity index (χ3v) is 5.45. The molecule has 0 aliphatic heterocycles. The Hall–Kier alpha value is -2.37. The van der Waals surface area contributed by atoms with E-state index >= 15 is 0 Å². The van der Waals surface area contributed by atoms with E-state index in [1.807, 2.05) is 18.2 Å². The van der Waals surface area contributed by atoms with Crippen molar-refractivity contribution in [2.75, 3.05) is 13.2 Å². The summed E-state index contributed by atoms with van der Waals surface area (Å²) in [7, 11) is 0. The maximum Gasteiger partial charge on any atom is 0.325 e. The summed E-state index contributed by atoms with van der Waals surface area (Å²) >= 11 is 0. The highest BCUT2D eigenvalue weighted by Crippen LogP contribution is 2.29. The van der Waals surface area contributed by atoms with E-state index in [2.05, 4.69) is 16.7 Å². The van der Waals surface area contributed by atoms with Gasteiger partial charge in [-0.3, -0.25) is 14.4 Å². The second kappa shape index (κ2) is 9.53. The number of hydrogen-bond acceptors (Lipinski definition) is 4. The molecule has 0 spiro atoms. The van der Waals surface area contributed by atoms with Crippen LogP contribution in [0, 0.1) is 5.92 Å². The standard InChI is InChI=1S/C21H28N2O4/c24-19(23-18-12-6-10-15-7-4-5-11-17(15)18)14-27-20(25)13-22-21(26)16-8-2-1-3-9-16/h4-5,7,11,16,18H,1-3,6,8-10,12-14H2,(H,22,26)(H,23,24)/t18-/m1/s1. The van der Waals surface area contributed by atoms with Crippen molar-refractivity contribution in [1.29, 1.82) is 0 Å². The van der Waals surface area contributed by atoms with Gasteiger partial charge in [-0.15, -0.1) is 0 Å². The van der Waals surface area contributed by atoms with Crippen molar-refractivity contribution >= 4 is 17.8 Å². The molecule has 2 aliphatic carbocycles. The van der Waals surface area contributed by atoms with Crippen LogP contribution in [0.15, 0.2) is 24.3 Å². The Bertz CT molecular complexity index is 683. The zero-order valence-corrected chi connectivity index (χ0v) is 15.7. The molecule has 27 heavy (non-hydrogen) atoms. The number of aryl methyl sites for hydroxylation is 1. The van der Waals surface area contributed by atoms with E-state index in [1.54, 1.807) is 0 Å². The lowest BCUT2D eigenvalue weighted by Gasteiger charge is -2.26. The average molecular weight is 372 g/mol. The number of esters is 1. The first-order chi connectivity index (χ1) is 13.1. The SMILES string of the molecule is O=C(COC(=O)CNC(=O)C1CCCCC1)N[C@@H]1CCCc2ccccc21. The summed E-state index contributed by atoms with van der Waals surface area (Å²) in [6.45, 7) is -0.508. The summed E-state index contributed by atoms with van der Waals surface area (Å²) in [4.78, 5) is 36.0. The predicted molar refractivity (Wildman–Crippen MR) is 101 cm³/mol. The van der Waals surface area contributed by atoms with E-state index in [4.69, 9.17) is 4.74 Å². The van der Waals surface area contributed by atoms with Gasteiger partial charge in [0.25, 0.3) is 5.91 Å². The molecule has 2 amide bonds. The van der Waals surface area contributed by atoms with Crippen LogP contribution in [0.25, 0.3) is 0 Å². The minimum atomic E-state index is -0.585. The smallest absolute Gasteiger partial charge is 0.325 e. The second-order valence-corrected chi connectivity index (χ2v) is 7.42. The van der Waals surface area contributed by atoms with E-state index in [0.29, 0.717) is 0 Å². The van der Waals surface area contributed by atoms with Crippen LogP contribution in [-0.2, 0) is 25.5 Å². The second-order valence-electron chi connectivity index (χ2n) is 7.42. The Balaban J connectivity index is 1.38. The first kappa shape index (κ1) is 19.4. The van der Waals surface area contributed by atoms with Gasteiger partial charge in [0, 0.05) is 5.92 Å². The van der Waals surface area contributed by atoms with E-state index in [9.17, 15) is 14.4 Å². The Morgan fingerprint density at radius 2 is 1.78 bits per heavy atom. The molecule has 1 aromatic carbocycles. The quantitative estimate of drug-likeness (QED) is 0.751. The monoisotopic (exact) mass is 372 g/mol. The third kappa shape index (κ3) is 5.55. The van der Waals surface area contributed by atoms with Crippen molar-refractivity contribution in [2.24, 2.45) is 5.92 Å². The van der Waals surface area contributed by atoms with Crippen molar-refractivity contribution in [3.8, 4) is 0 Å². The lowest BCUT2D eigenvalue weighted by molar-refractivity contribution is -0.148. The molecule has 0 saturated heterocycles. The number of rotatable bonds is 6. The average Bonchev–Trinajstić information content (AvgIpc) is 2.71. The molecule has 0 heterocycles. The van der Waals surface area contributed by atoms with Gasteiger partial charge in [-0.25, -0.2) is 0 Å². The van der Waals surface area contributed by atoms with Gasteiger partial charge in [0.05, 0.1) is 6.04 Å². The largest absolute Gasteiger partial charge is 0.454 e. The maximum absolute atomic E-state index is 12.1. The molecule has 3 rings (SSSR count). The molecule has 1 atom stereocenters. The molecule has 6 nitrogen and oxygen atoms in total. The molecule has 1 aromatic rings. The number of fused-ring (bicyclic) bond motifs is 1. The third-order valence-electron chi connectivity index (χ3n) is 5.45. The Morgan fingerprint density at radius 1 is 1.00 bits per heavy atom. The number of carbonyl (C=O) groups excluding carboxylic acids is 3. The summed E-state index contributed by atoms with van der Waals surface area (Å²) in [6, 6.07) is 8.06. The number of carbonyl (C=O) groups is 3. The molecule has 2 N–H and O–H groups in total. The fraction of sp³-hybridized carbons (Fsp3) is 0.571. The van der Waals surface area contributed by atoms with E-state index in [0.717, 1.165) is 50.5 Å². The normalized spacial score (nSPS) is 19.6. The van der Waals surface area contributed by atoms with Gasteiger partial charge in [-0.2, -0.15) is 0 Å². The van der Waals surface area contributed by atoms with Crippen molar-refractivity contribution in [3.63, 3.8) is 0 Å². The summed E-state index contributed by atoms with van der Waals surface area (Å²) < 4.78 is 5.01. The Kier molecular flexibility index (Phi) is 6.85. The molecule has 1 saturated carbocycles. The van der Waals surface area contributed by atoms with Crippen LogP contribution in [-0.4, -0.2) is 30.9 Å². The summed E-state index contributed by atoms with van der Waals surface area (Å²) in [5, 5.41) is 5.57. The molecule has 2 aliphatic rings. The van der Waals surface area contributed by atoms with Crippen LogP contribution in [0.1, 0.15) is 62.1 Å².